The Morgan fingerprint density at radius 3 is 0.400 bits per heavy atom. The lowest BCUT2D eigenvalue weighted by molar-refractivity contribution is 4.97. The second kappa shape index (κ2) is 24.2. The highest BCUT2D eigenvalue weighted by molar-refractivity contribution is 14.2. The van der Waals surface area contributed by atoms with Crippen molar-refractivity contribution in [2.75, 3.05) is 0 Å². The van der Waals surface area contributed by atoms with Crippen molar-refractivity contribution >= 4 is 565 Å². The summed E-state index contributed by atoms with van der Waals surface area (Å²) in [5.74, 6) is 0. The number of thiol groups is 1. The molecule has 0 aromatic heterocycles. The van der Waals surface area contributed by atoms with E-state index in [-0.39, 0.29) is 0 Å². The van der Waals surface area contributed by atoms with Gasteiger partial charge in [-0.2, -0.15) is 0 Å². The van der Waals surface area contributed by atoms with Gasteiger partial charge in [0, 0.05) is 118 Å². The fraction of sp³-hybridized carbons (Fsp3) is 0. The summed E-state index contributed by atoms with van der Waals surface area (Å²) < 4.78 is -2.67. The van der Waals surface area contributed by atoms with E-state index in [4.69, 9.17) is 425 Å². The van der Waals surface area contributed by atoms with Gasteiger partial charge in [0.05, 0.1) is 0 Å². The molecule has 0 aliphatic heterocycles. The first-order valence-corrected chi connectivity index (χ1v) is 90.2. The van der Waals surface area contributed by atoms with Crippen molar-refractivity contribution in [1.29, 1.82) is 0 Å². The summed E-state index contributed by atoms with van der Waals surface area (Å²) >= 11 is 231. The second-order valence-electron chi connectivity index (χ2n) is 7.82. The molecule has 362 valence electrons. The van der Waals surface area contributed by atoms with Crippen LogP contribution in [0.25, 0.3) is 0 Å². The van der Waals surface area contributed by atoms with Gasteiger partial charge in [0.2, 0.25) is 0 Å². The first kappa shape index (κ1) is 76.4. The lowest BCUT2D eigenvalue weighted by Crippen LogP contribution is -2.40. The summed E-state index contributed by atoms with van der Waals surface area (Å²) in [5.41, 5.74) is 0. The summed E-state index contributed by atoms with van der Waals surface area (Å²) in [6, 6.07) is 0. The van der Waals surface area contributed by atoms with Crippen LogP contribution in [0.15, 0.2) is 0 Å². The largest absolute Gasteiger partial charge is 0.0983 e. The first-order chi connectivity index (χ1) is 25.1. The monoisotopic (exact) mass is 2010 g/mol. The van der Waals surface area contributed by atoms with Crippen LogP contribution in [0.4, 0.5) is 0 Å². The highest BCUT2D eigenvalue weighted by Gasteiger charge is 2.47. The Balaban J connectivity index is 8.48. The molecule has 0 radical (unpaired) electrons. The van der Waals surface area contributed by atoms with Gasteiger partial charge >= 0.3 is 0 Å². The topological polar surface area (TPSA) is 0 Å². The standard InChI is InChI=1S/HIS59/c1-42(3,4)44(7,8)46(11,12)48(15,16)50(19,20)52(23,24)54(27,28)56(31,32)58(35,36)60(39,40)59(37,38)57(33,34)55(29,30)53(25,26)51(21,22)49(17,18)47(13,14)45(9,10)43(5,6)41-2/h2H. The third-order valence-electron chi connectivity index (χ3n) is 4.59. The Kier molecular flexibility index (Phi) is 30.8. The molecule has 0 bridgehead atoms. The van der Waals surface area contributed by atoms with Crippen molar-refractivity contribution in [2.24, 2.45) is 0 Å². The molecule has 0 heterocycles. The van der Waals surface area contributed by atoms with Gasteiger partial charge in [-0.25, -0.2) is 0 Å². The lowest BCUT2D eigenvalue weighted by atomic mass is 29.7. The van der Waals surface area contributed by atoms with E-state index < -0.39 is 97.1 Å². The Morgan fingerprint density at radius 2 is 0.300 bits per heavy atom. The van der Waals surface area contributed by atoms with Crippen LogP contribution in [0, 0.1) is 0 Å². The molecular weight excluding hydrogens is 2020 g/mol. The number of hydrogen-bond donors (Lipinski definition) is 1. The van der Waals surface area contributed by atoms with Gasteiger partial charge < -0.3 is 0 Å². The van der Waals surface area contributed by atoms with Crippen molar-refractivity contribution in [3.63, 3.8) is 0 Å². The van der Waals surface area contributed by atoms with Crippen LogP contribution < -0.4 is 0 Å². The van der Waals surface area contributed by atoms with Crippen LogP contribution in [0.5, 0.6) is 0 Å². The molecule has 0 fully saturated rings. The molecule has 0 spiro atoms. The second-order valence-corrected chi connectivity index (χ2v) is 217. The minimum absolute atomic E-state index is 0.754. The van der Waals surface area contributed by atoms with Crippen LogP contribution >= 0.6 is 42.7 Å². The zero-order valence-corrected chi connectivity index (χ0v) is 74.9. The maximum atomic E-state index is 6.07. The zero-order chi connectivity index (χ0) is 50.2. The van der Waals surface area contributed by atoms with E-state index in [0.29, 0.717) is 0 Å². The van der Waals surface area contributed by atoms with Crippen LogP contribution in [-0.4, -0.2) is 0 Å². The van der Waals surface area contributed by atoms with Gasteiger partial charge in [-0.15, -0.1) is 0 Å². The van der Waals surface area contributed by atoms with Crippen LogP contribution in [0.2, 0.25) is 0 Å². The smallest absolute Gasteiger partial charge is 0.0451 e. The molecular formula is HIS59. The molecule has 0 amide bonds. The van der Waals surface area contributed by atoms with E-state index in [0.717, 1.165) is 9.83 Å². The molecule has 0 unspecified atom stereocenters. The van der Waals surface area contributed by atoms with E-state index in [1.807, 2.05) is 0 Å². The molecule has 0 aliphatic carbocycles. The van der Waals surface area contributed by atoms with Gasteiger partial charge in [-0.3, -0.25) is 0 Å². The van der Waals surface area contributed by atoms with E-state index in [2.05, 4.69) is 11.7 Å². The van der Waals surface area contributed by atoms with Crippen molar-refractivity contribution < 1.29 is 0 Å². The Hall–Kier alpha value is 16.4. The number of rotatable bonds is 19. The summed E-state index contributed by atoms with van der Waals surface area (Å²) in [4.78, 5) is 0. The fourth-order valence-electron chi connectivity index (χ4n) is 1.77. The third kappa shape index (κ3) is 12.2. The van der Waals surface area contributed by atoms with Crippen LogP contribution in [-0.2, 0) is 522 Å². The van der Waals surface area contributed by atoms with E-state index >= 15 is 0 Å². The summed E-state index contributed by atoms with van der Waals surface area (Å²) in [6.45, 7) is 0. The van der Waals surface area contributed by atoms with Crippen molar-refractivity contribution in [1.82, 2.24) is 0 Å². The third-order valence-corrected chi connectivity index (χ3v) is 379. The van der Waals surface area contributed by atoms with Gasteiger partial charge in [0.15, 0.2) is 0 Å². The lowest BCUT2D eigenvalue weighted by Gasteiger charge is -2.36. The van der Waals surface area contributed by atoms with E-state index in [1.54, 1.807) is 21.2 Å². The molecule has 0 saturated carbocycles. The maximum Gasteiger partial charge on any atom is 0.0451 e. The van der Waals surface area contributed by atoms with Crippen LogP contribution in [0.3, 0.4) is 0 Å². The normalized spacial score (nSPS) is 16.8. The van der Waals surface area contributed by atoms with Crippen molar-refractivity contribution in [2.45, 2.75) is 0 Å². The Bertz CT molecular complexity index is 4180. The van der Waals surface area contributed by atoms with Crippen molar-refractivity contribution in [3.05, 3.63) is 0 Å². The highest BCUT2D eigenvalue weighted by atomic mass is 127. The minimum Gasteiger partial charge on any atom is -0.0983 e. The molecule has 0 aromatic carbocycles. The molecule has 0 rings (SSSR count). The van der Waals surface area contributed by atoms with Crippen LogP contribution in [0.1, 0.15) is 0 Å². The van der Waals surface area contributed by atoms with Gasteiger partial charge in [0.1, 0.15) is 0 Å². The summed E-state index contributed by atoms with van der Waals surface area (Å²) in [7, 11) is 0.754. The average molecular weight is 2020 g/mol. The predicted octanol–water partition coefficient (Wildman–Crippen LogP) is 1.78. The molecule has 0 saturated heterocycles. The van der Waals surface area contributed by atoms with E-state index in [1.165, 1.54) is 0 Å². The number of halogens is 1. The summed E-state index contributed by atoms with van der Waals surface area (Å²) in [5, 5.41) is -65.0. The number of hydrogen-bond acceptors (Lipinski definition) is 40. The highest BCUT2D eigenvalue weighted by Crippen LogP contribution is 2.44. The van der Waals surface area contributed by atoms with Gasteiger partial charge in [-0.05, 0) is 435 Å². The van der Waals surface area contributed by atoms with Crippen molar-refractivity contribution in [3.8, 4) is 0 Å². The summed E-state index contributed by atoms with van der Waals surface area (Å²) in [6.07, 6.45) is 0. The predicted molar refractivity (Wildman–Crippen MR) is 450 cm³/mol. The zero-order valence-electron chi connectivity index (χ0n) is 24.5. The Morgan fingerprint density at radius 1 is 0.200 bits per heavy atom. The quantitative estimate of drug-likeness (QED) is 0.0866. The SMILES string of the molecule is S=S(=S)(I)S(=S)(=S)S(=S)(=S)S(=S)(=S)S(=S)(=S)S(=S)(=S)S(=S)(=S)S(=S)(=S)S(=S)(=S)S(=S)(=S)S(=S)(=S)S(=S)(=S)S(=S)(=S)S(=S)(=S)S(=S)(=S)S(=S)(=S)S(=S)(=S)S(=S)(=S)S(=S)(=S)SS. The molecule has 0 nitrogen and oxygen atoms in total. The molecule has 60 heavy (non-hydrogen) atoms. The molecule has 0 atom stereocenters. The molecule has 0 N–H and O–H groups in total. The average Bonchev–Trinajstić information content (AvgIpc) is 3.02. The fourth-order valence-corrected chi connectivity index (χ4v) is 440. The molecule has 0 aromatic rings. The van der Waals surface area contributed by atoms with Gasteiger partial charge in [-0.1, -0.05) is 11.7 Å². The van der Waals surface area contributed by atoms with E-state index in [9.17, 15) is 0 Å². The molecule has 0 aliphatic rings. The molecule has 60 heteroatoms. The first-order valence-electron chi connectivity index (χ1n) is 9.84. The van der Waals surface area contributed by atoms with Gasteiger partial charge in [0.25, 0.3) is 0 Å². The maximum absolute atomic E-state index is 6.07. The minimum atomic E-state index is -3.88. The Labute approximate surface area is 548 Å².